The van der Waals surface area contributed by atoms with Gasteiger partial charge in [0.1, 0.15) is 23.9 Å². The van der Waals surface area contributed by atoms with E-state index in [1.807, 2.05) is 31.2 Å². The minimum Gasteiger partial charge on any atom is -0.496 e. The molecule has 0 saturated heterocycles. The summed E-state index contributed by atoms with van der Waals surface area (Å²) in [7, 11) is 4.65. The van der Waals surface area contributed by atoms with Crippen LogP contribution in [-0.2, 0) is 6.61 Å². The first kappa shape index (κ1) is 23.0. The first-order chi connectivity index (χ1) is 16.5. The fourth-order valence-electron chi connectivity index (χ4n) is 3.74. The van der Waals surface area contributed by atoms with Gasteiger partial charge in [-0.15, -0.1) is 0 Å². The number of ketones is 1. The molecule has 4 rings (SSSR count). The summed E-state index contributed by atoms with van der Waals surface area (Å²) in [6, 6.07) is 14.9. The number of hydrogen-bond acceptors (Lipinski definition) is 6. The smallest absolute Gasteiger partial charge is 0.231 e. The molecule has 6 heteroatoms. The monoisotopic (exact) mass is 458 g/mol. The van der Waals surface area contributed by atoms with Crippen LogP contribution in [0.25, 0.3) is 12.2 Å². The van der Waals surface area contributed by atoms with Crippen LogP contribution >= 0.6 is 0 Å². The highest BCUT2D eigenvalue weighted by molar-refractivity contribution is 6.15. The van der Waals surface area contributed by atoms with Crippen molar-refractivity contribution in [1.29, 1.82) is 0 Å². The average Bonchev–Trinajstić information content (AvgIpc) is 3.19. The highest BCUT2D eigenvalue weighted by Crippen LogP contribution is 2.41. The molecule has 0 atom stereocenters. The van der Waals surface area contributed by atoms with E-state index in [9.17, 15) is 4.79 Å². The van der Waals surface area contributed by atoms with E-state index < -0.39 is 0 Å². The average molecular weight is 459 g/mol. The summed E-state index contributed by atoms with van der Waals surface area (Å²) in [4.78, 5) is 13.0. The third kappa shape index (κ3) is 4.35. The molecule has 0 bridgehead atoms. The zero-order chi connectivity index (χ0) is 24.2. The van der Waals surface area contributed by atoms with Crippen molar-refractivity contribution in [3.8, 4) is 28.7 Å². The predicted molar refractivity (Wildman–Crippen MR) is 131 cm³/mol. The number of carbonyl (C=O) groups excluding carboxylic acids is 1. The van der Waals surface area contributed by atoms with E-state index in [-0.39, 0.29) is 11.5 Å². The summed E-state index contributed by atoms with van der Waals surface area (Å²) in [6.45, 7) is 6.04. The van der Waals surface area contributed by atoms with Gasteiger partial charge in [-0.05, 0) is 42.3 Å². The second kappa shape index (κ2) is 9.75. The summed E-state index contributed by atoms with van der Waals surface area (Å²) in [5.41, 5.74) is 3.97. The summed E-state index contributed by atoms with van der Waals surface area (Å²) < 4.78 is 28.2. The highest BCUT2D eigenvalue weighted by Gasteiger charge is 2.30. The normalized spacial score (nSPS) is 13.3. The molecule has 3 aromatic carbocycles. The Balaban J connectivity index is 1.60. The van der Waals surface area contributed by atoms with Gasteiger partial charge in [0, 0.05) is 17.2 Å². The number of ether oxygens (including phenoxy) is 5. The van der Waals surface area contributed by atoms with Crippen LogP contribution in [0.2, 0.25) is 0 Å². The number of benzene rings is 3. The molecule has 0 aromatic heterocycles. The van der Waals surface area contributed by atoms with Crippen molar-refractivity contribution >= 4 is 17.9 Å². The first-order valence-electron chi connectivity index (χ1n) is 10.7. The lowest BCUT2D eigenvalue weighted by atomic mass is 10.1. The van der Waals surface area contributed by atoms with Crippen LogP contribution in [-0.4, -0.2) is 27.1 Å². The second-order valence-electron chi connectivity index (χ2n) is 7.69. The molecule has 0 aliphatic carbocycles. The minimum atomic E-state index is -0.207. The third-order valence-electron chi connectivity index (χ3n) is 5.67. The first-order valence-corrected chi connectivity index (χ1v) is 10.7. The standard InChI is InChI=1S/C28H26O6/c1-6-18-7-9-19(10-8-18)16-33-22-12-11-21-27(29)26(34-28(21)17(22)2)14-20-13-24(31-4)25(32-5)15-23(20)30-3/h6-15H,1,16H2,2-5H3/b26-14-. The summed E-state index contributed by atoms with van der Waals surface area (Å²) in [5, 5.41) is 0. The Hall–Kier alpha value is -4.19. The van der Waals surface area contributed by atoms with E-state index in [1.54, 1.807) is 57.7 Å². The van der Waals surface area contributed by atoms with Crippen LogP contribution in [0.15, 0.2) is 60.9 Å². The molecule has 0 unspecified atom stereocenters. The lowest BCUT2D eigenvalue weighted by molar-refractivity contribution is 0.101. The van der Waals surface area contributed by atoms with Gasteiger partial charge >= 0.3 is 0 Å². The quantitative estimate of drug-likeness (QED) is 0.394. The fraction of sp³-hybridized carbons (Fsp3) is 0.179. The number of methoxy groups -OCH3 is 3. The molecular formula is C28H26O6. The topological polar surface area (TPSA) is 63.2 Å². The molecule has 0 amide bonds. The van der Waals surface area contributed by atoms with Gasteiger partial charge in [-0.25, -0.2) is 0 Å². The van der Waals surface area contributed by atoms with Crippen LogP contribution in [0.5, 0.6) is 28.7 Å². The Kier molecular flexibility index (Phi) is 6.59. The maximum Gasteiger partial charge on any atom is 0.231 e. The van der Waals surface area contributed by atoms with Gasteiger partial charge in [0.2, 0.25) is 5.78 Å². The third-order valence-corrected chi connectivity index (χ3v) is 5.67. The summed E-state index contributed by atoms with van der Waals surface area (Å²) >= 11 is 0. The molecule has 1 aliphatic heterocycles. The Morgan fingerprint density at radius 1 is 0.882 bits per heavy atom. The fourth-order valence-corrected chi connectivity index (χ4v) is 3.74. The van der Waals surface area contributed by atoms with Crippen molar-refractivity contribution in [1.82, 2.24) is 0 Å². The zero-order valence-corrected chi connectivity index (χ0v) is 19.6. The number of rotatable bonds is 8. The molecule has 1 heterocycles. The van der Waals surface area contributed by atoms with Crippen molar-refractivity contribution in [3.05, 3.63) is 88.7 Å². The van der Waals surface area contributed by atoms with Gasteiger partial charge in [0.15, 0.2) is 17.3 Å². The van der Waals surface area contributed by atoms with Crippen molar-refractivity contribution < 1.29 is 28.5 Å². The van der Waals surface area contributed by atoms with Gasteiger partial charge in [0.05, 0.1) is 26.9 Å². The Bertz CT molecular complexity index is 1270. The van der Waals surface area contributed by atoms with Gasteiger partial charge in [-0.1, -0.05) is 36.9 Å². The molecule has 0 saturated carbocycles. The lowest BCUT2D eigenvalue weighted by Gasteiger charge is -2.13. The lowest BCUT2D eigenvalue weighted by Crippen LogP contribution is -2.00. The Morgan fingerprint density at radius 2 is 1.56 bits per heavy atom. The molecule has 0 fully saturated rings. The van der Waals surface area contributed by atoms with Crippen molar-refractivity contribution in [3.63, 3.8) is 0 Å². The second-order valence-corrected chi connectivity index (χ2v) is 7.69. The number of fused-ring (bicyclic) bond motifs is 1. The van der Waals surface area contributed by atoms with Crippen LogP contribution < -0.4 is 23.7 Å². The van der Waals surface area contributed by atoms with Crippen LogP contribution in [0.1, 0.15) is 32.6 Å². The van der Waals surface area contributed by atoms with E-state index >= 15 is 0 Å². The largest absolute Gasteiger partial charge is 0.496 e. The van der Waals surface area contributed by atoms with Crippen molar-refractivity contribution in [2.24, 2.45) is 0 Å². The van der Waals surface area contributed by atoms with Gasteiger partial charge in [0.25, 0.3) is 0 Å². The number of allylic oxidation sites excluding steroid dienone is 1. The van der Waals surface area contributed by atoms with Gasteiger partial charge < -0.3 is 23.7 Å². The Morgan fingerprint density at radius 3 is 2.21 bits per heavy atom. The molecule has 0 N–H and O–H groups in total. The maximum atomic E-state index is 13.0. The van der Waals surface area contributed by atoms with Crippen LogP contribution in [0.3, 0.4) is 0 Å². The summed E-state index contributed by atoms with van der Waals surface area (Å²) in [5.74, 6) is 2.72. The van der Waals surface area contributed by atoms with Crippen LogP contribution in [0, 0.1) is 6.92 Å². The van der Waals surface area contributed by atoms with Crippen molar-refractivity contribution in [2.75, 3.05) is 21.3 Å². The van der Waals surface area contributed by atoms with Gasteiger partial charge in [-0.3, -0.25) is 4.79 Å². The molecule has 0 radical (unpaired) electrons. The summed E-state index contributed by atoms with van der Waals surface area (Å²) in [6.07, 6.45) is 3.44. The molecule has 34 heavy (non-hydrogen) atoms. The number of hydrogen-bond donors (Lipinski definition) is 0. The van der Waals surface area contributed by atoms with E-state index in [0.29, 0.717) is 46.5 Å². The van der Waals surface area contributed by atoms with Gasteiger partial charge in [-0.2, -0.15) is 0 Å². The Labute approximate surface area is 199 Å². The van der Waals surface area contributed by atoms with E-state index in [2.05, 4.69) is 6.58 Å². The zero-order valence-electron chi connectivity index (χ0n) is 19.6. The van der Waals surface area contributed by atoms with E-state index in [1.165, 1.54) is 0 Å². The molecule has 6 nitrogen and oxygen atoms in total. The van der Waals surface area contributed by atoms with E-state index in [4.69, 9.17) is 23.7 Å². The molecule has 0 spiro atoms. The van der Waals surface area contributed by atoms with E-state index in [0.717, 1.165) is 16.7 Å². The highest BCUT2D eigenvalue weighted by atomic mass is 16.5. The predicted octanol–water partition coefficient (Wildman–Crippen LogP) is 5.86. The molecule has 1 aliphatic rings. The minimum absolute atomic E-state index is 0.195. The molecule has 3 aromatic rings. The number of Topliss-reactive ketones (excluding diaryl/α,β-unsaturated/α-hetero) is 1. The molecular weight excluding hydrogens is 432 g/mol. The number of carbonyl (C=O) groups is 1. The van der Waals surface area contributed by atoms with Crippen molar-refractivity contribution in [2.45, 2.75) is 13.5 Å². The maximum absolute atomic E-state index is 13.0. The molecule has 174 valence electrons. The SMILES string of the molecule is C=Cc1ccc(COc2ccc3c(c2C)O/C(=C\c2cc(OC)c(OC)cc2OC)C3=O)cc1. The van der Waals surface area contributed by atoms with Crippen LogP contribution in [0.4, 0.5) is 0 Å².